The Kier molecular flexibility index (Phi) is 10.7. The summed E-state index contributed by atoms with van der Waals surface area (Å²) in [5, 5.41) is 20.5. The highest BCUT2D eigenvalue weighted by atomic mass is 79.9. The van der Waals surface area contributed by atoms with E-state index in [1.165, 1.54) is 13.2 Å². The fourth-order valence-electron chi connectivity index (χ4n) is 2.94. The van der Waals surface area contributed by atoms with Gasteiger partial charge in [-0.25, -0.2) is 9.59 Å². The molecule has 0 spiro atoms. The van der Waals surface area contributed by atoms with Crippen LogP contribution in [-0.4, -0.2) is 48.7 Å². The minimum Gasteiger partial charge on any atom is -0.491 e. The van der Waals surface area contributed by atoms with Crippen molar-refractivity contribution in [2.75, 3.05) is 25.6 Å². The molecule has 0 aliphatic carbocycles. The van der Waals surface area contributed by atoms with Gasteiger partial charge in [-0.15, -0.1) is 0 Å². The summed E-state index contributed by atoms with van der Waals surface area (Å²) < 4.78 is 17.7. The van der Waals surface area contributed by atoms with E-state index in [0.29, 0.717) is 29.8 Å². The molecule has 2 aromatic carbocycles. The second-order valence-electron chi connectivity index (χ2n) is 6.69. The van der Waals surface area contributed by atoms with Crippen LogP contribution < -0.4 is 10.1 Å². The fourth-order valence-corrected chi connectivity index (χ4v) is 3.20. The monoisotopic (exact) mass is 507 g/mol. The van der Waals surface area contributed by atoms with Crippen LogP contribution in [-0.2, 0) is 14.3 Å². The predicted octanol–water partition coefficient (Wildman–Crippen LogP) is 4.55. The molecule has 2 rings (SSSR count). The van der Waals surface area contributed by atoms with Crippen LogP contribution in [0.4, 0.5) is 10.5 Å². The number of nitrogens with one attached hydrogen (secondary N) is 1. The van der Waals surface area contributed by atoms with Gasteiger partial charge in [-0.05, 0) is 54.8 Å². The Morgan fingerprint density at radius 1 is 1.19 bits per heavy atom. The summed E-state index contributed by atoms with van der Waals surface area (Å²) in [7, 11) is 1.50. The number of anilines is 1. The Labute approximate surface area is 194 Å². The van der Waals surface area contributed by atoms with Gasteiger partial charge >= 0.3 is 12.1 Å². The maximum atomic E-state index is 12.6. The molecular formula is C23H26BrNO7. The molecule has 2 atom stereocenters. The number of carboxylic acids is 1. The number of halogens is 1. The molecule has 0 bridgehead atoms. The number of methoxy groups -OCH3 is 1. The number of aliphatic carboxylic acids is 1. The molecule has 8 nitrogen and oxygen atoms in total. The Morgan fingerprint density at radius 2 is 1.94 bits per heavy atom. The Bertz CT molecular complexity index is 901. The first-order chi connectivity index (χ1) is 15.4. The lowest BCUT2D eigenvalue weighted by molar-refractivity contribution is -0.131. The third-order valence-electron chi connectivity index (χ3n) is 4.39. The lowest BCUT2D eigenvalue weighted by Gasteiger charge is -2.26. The van der Waals surface area contributed by atoms with Gasteiger partial charge in [0.2, 0.25) is 0 Å². The van der Waals surface area contributed by atoms with Crippen molar-refractivity contribution in [3.8, 4) is 5.75 Å². The van der Waals surface area contributed by atoms with E-state index in [1.807, 2.05) is 0 Å². The zero-order valence-corrected chi connectivity index (χ0v) is 19.2. The summed E-state index contributed by atoms with van der Waals surface area (Å²) in [6.07, 6.45) is 1.42. The van der Waals surface area contributed by atoms with Gasteiger partial charge in [0.25, 0.3) is 0 Å². The van der Waals surface area contributed by atoms with Crippen LogP contribution in [0.2, 0.25) is 0 Å². The van der Waals surface area contributed by atoms with E-state index in [2.05, 4.69) is 21.2 Å². The molecule has 2 aromatic rings. The number of carbonyl (C=O) groups excluding carboxylic acids is 1. The Balaban J connectivity index is 2.21. The molecular weight excluding hydrogens is 482 g/mol. The van der Waals surface area contributed by atoms with Gasteiger partial charge in [0, 0.05) is 23.3 Å². The van der Waals surface area contributed by atoms with Crippen LogP contribution in [0, 0.1) is 0 Å². The number of ether oxygens (including phenoxy) is 3. The van der Waals surface area contributed by atoms with Crippen molar-refractivity contribution in [3.63, 3.8) is 0 Å². The van der Waals surface area contributed by atoms with Crippen LogP contribution in [0.5, 0.6) is 5.75 Å². The molecule has 0 fully saturated rings. The van der Waals surface area contributed by atoms with Gasteiger partial charge in [-0.3, -0.25) is 5.32 Å². The minimum absolute atomic E-state index is 0.129. The van der Waals surface area contributed by atoms with Crippen LogP contribution >= 0.6 is 15.9 Å². The third-order valence-corrected chi connectivity index (χ3v) is 4.92. The Morgan fingerprint density at radius 3 is 2.59 bits per heavy atom. The number of hydrogen-bond donors (Lipinski definition) is 3. The van der Waals surface area contributed by atoms with Gasteiger partial charge in [0.15, 0.2) is 6.10 Å². The van der Waals surface area contributed by atoms with Crippen molar-refractivity contribution < 1.29 is 34.0 Å². The number of hydrogen-bond acceptors (Lipinski definition) is 6. The quantitative estimate of drug-likeness (QED) is 0.361. The van der Waals surface area contributed by atoms with Crippen molar-refractivity contribution in [1.29, 1.82) is 0 Å². The summed E-state index contributed by atoms with van der Waals surface area (Å²) in [5.41, 5.74) is 1.20. The first-order valence-corrected chi connectivity index (χ1v) is 10.7. The van der Waals surface area contributed by atoms with Crippen LogP contribution in [0.3, 0.4) is 0 Å². The van der Waals surface area contributed by atoms with E-state index in [4.69, 9.17) is 24.4 Å². The van der Waals surface area contributed by atoms with Crippen molar-refractivity contribution in [3.05, 3.63) is 70.7 Å². The average Bonchev–Trinajstić information content (AvgIpc) is 2.78. The van der Waals surface area contributed by atoms with Crippen LogP contribution in [0.15, 0.2) is 65.2 Å². The molecule has 0 radical (unpaired) electrons. The molecule has 0 aliphatic heterocycles. The Hall–Kier alpha value is -2.88. The van der Waals surface area contributed by atoms with Gasteiger partial charge < -0.3 is 24.4 Å². The van der Waals surface area contributed by atoms with Crippen LogP contribution in [0.25, 0.3) is 0 Å². The minimum atomic E-state index is -1.03. The molecule has 3 N–H and O–H groups in total. The number of amides is 1. The number of carboxylic acid groups (broad SMARTS) is 1. The van der Waals surface area contributed by atoms with Crippen molar-refractivity contribution in [1.82, 2.24) is 0 Å². The summed E-state index contributed by atoms with van der Waals surface area (Å²) in [6.45, 7) is 0.00306. The smallest absolute Gasteiger partial charge is 0.412 e. The second kappa shape index (κ2) is 13.5. The second-order valence-corrected chi connectivity index (χ2v) is 7.61. The zero-order valence-electron chi connectivity index (χ0n) is 17.6. The number of aliphatic hydroxyl groups excluding tert-OH is 1. The highest BCUT2D eigenvalue weighted by Gasteiger charge is 2.27. The molecule has 0 aromatic heterocycles. The lowest BCUT2D eigenvalue weighted by Crippen LogP contribution is -2.28. The predicted molar refractivity (Wildman–Crippen MR) is 123 cm³/mol. The molecule has 32 heavy (non-hydrogen) atoms. The largest absolute Gasteiger partial charge is 0.491 e. The van der Waals surface area contributed by atoms with E-state index in [-0.39, 0.29) is 13.2 Å². The maximum absolute atomic E-state index is 12.6. The number of carbonyl (C=O) groups is 2. The maximum Gasteiger partial charge on any atom is 0.412 e. The molecule has 1 amide bonds. The standard InChI is InChI=1S/C23H26BrNO7/c1-30-20(7-2-3-8-21(27)28)22(16-5-4-6-19(15-16)31-14-13-26)32-23(29)25-18-11-9-17(24)10-12-18/h3-6,8-12,15,20,22,26H,2,7,13-14H2,1H3,(H,25,29)(H,27,28)/b8-3+/t20-,22-/m1/s1. The van der Waals surface area contributed by atoms with Gasteiger partial charge in [0.1, 0.15) is 12.4 Å². The number of allylic oxidation sites excluding steroid dienone is 1. The molecule has 0 aliphatic rings. The molecule has 0 saturated carbocycles. The number of benzene rings is 2. The van der Waals surface area contributed by atoms with E-state index < -0.39 is 24.3 Å². The normalized spacial score (nSPS) is 12.8. The van der Waals surface area contributed by atoms with E-state index in [0.717, 1.165) is 10.5 Å². The van der Waals surface area contributed by atoms with E-state index in [1.54, 1.807) is 48.5 Å². The zero-order chi connectivity index (χ0) is 23.3. The van der Waals surface area contributed by atoms with Gasteiger partial charge in [0.05, 0.1) is 12.7 Å². The van der Waals surface area contributed by atoms with Crippen molar-refractivity contribution in [2.24, 2.45) is 0 Å². The first-order valence-electron chi connectivity index (χ1n) is 9.92. The molecule has 0 heterocycles. The highest BCUT2D eigenvalue weighted by Crippen LogP contribution is 2.30. The van der Waals surface area contributed by atoms with Crippen molar-refractivity contribution in [2.45, 2.75) is 25.0 Å². The van der Waals surface area contributed by atoms with Crippen molar-refractivity contribution >= 4 is 33.7 Å². The summed E-state index contributed by atoms with van der Waals surface area (Å²) in [6, 6.07) is 14.0. The first kappa shape index (κ1) is 25.4. The van der Waals surface area contributed by atoms with Crippen LogP contribution in [0.1, 0.15) is 24.5 Å². The van der Waals surface area contributed by atoms with Gasteiger partial charge in [-0.1, -0.05) is 34.1 Å². The fraction of sp³-hybridized carbons (Fsp3) is 0.304. The molecule has 172 valence electrons. The van der Waals surface area contributed by atoms with E-state index in [9.17, 15) is 9.59 Å². The molecule has 9 heteroatoms. The highest BCUT2D eigenvalue weighted by molar-refractivity contribution is 9.10. The average molecular weight is 508 g/mol. The lowest BCUT2D eigenvalue weighted by atomic mass is 10.00. The summed E-state index contributed by atoms with van der Waals surface area (Å²) in [4.78, 5) is 23.3. The summed E-state index contributed by atoms with van der Waals surface area (Å²) >= 11 is 3.34. The topological polar surface area (TPSA) is 114 Å². The summed E-state index contributed by atoms with van der Waals surface area (Å²) in [5.74, 6) is -0.520. The van der Waals surface area contributed by atoms with Gasteiger partial charge in [-0.2, -0.15) is 0 Å². The SMILES string of the molecule is CO[C@H](CC/C=C/C(=O)O)[C@H](OC(=O)Nc1ccc(Br)cc1)c1cccc(OCCO)c1. The molecule has 0 unspecified atom stereocenters. The number of aliphatic hydroxyl groups is 1. The number of rotatable bonds is 12. The van der Waals surface area contributed by atoms with E-state index >= 15 is 0 Å². The third kappa shape index (κ3) is 8.70. The molecule has 0 saturated heterocycles.